The number of hydrogen-bond donors (Lipinski definition) is 0. The van der Waals surface area contributed by atoms with Crippen LogP contribution in [0.4, 0.5) is 12.9 Å². The third-order valence-corrected chi connectivity index (χ3v) is 2.58. The molecule has 1 atom stereocenters. The average molecular weight is 273 g/mol. The second kappa shape index (κ2) is 7.07. The van der Waals surface area contributed by atoms with E-state index in [4.69, 9.17) is 0 Å². The van der Waals surface area contributed by atoms with Crippen LogP contribution in [0.2, 0.25) is 0 Å². The van der Waals surface area contributed by atoms with Crippen molar-refractivity contribution in [3.8, 4) is 0 Å². The summed E-state index contributed by atoms with van der Waals surface area (Å²) in [4.78, 5) is 4.01. The van der Waals surface area contributed by atoms with Crippen LogP contribution in [-0.4, -0.2) is 22.4 Å². The summed E-state index contributed by atoms with van der Waals surface area (Å²) in [5.41, 5.74) is 0.282. The van der Waals surface area contributed by atoms with Gasteiger partial charge in [0.05, 0.1) is 15.7 Å². The summed E-state index contributed by atoms with van der Waals surface area (Å²) in [5.74, 6) is 0.172. The van der Waals surface area contributed by atoms with Gasteiger partial charge in [-0.1, -0.05) is 6.08 Å². The molecule has 0 radical (unpaired) electrons. The van der Waals surface area contributed by atoms with E-state index in [1.807, 2.05) is 0 Å². The summed E-state index contributed by atoms with van der Waals surface area (Å²) in [5, 5.41) is 0. The van der Waals surface area contributed by atoms with Gasteiger partial charge in [0.25, 0.3) is 0 Å². The van der Waals surface area contributed by atoms with Gasteiger partial charge in [0.2, 0.25) is 0 Å². The molecule has 0 amide bonds. The zero-order valence-corrected chi connectivity index (χ0v) is 12.8. The fourth-order valence-corrected chi connectivity index (χ4v) is 1.66. The van der Waals surface area contributed by atoms with Crippen LogP contribution in [0.25, 0.3) is 6.08 Å². The van der Waals surface area contributed by atoms with Gasteiger partial charge in [0, 0.05) is 18.6 Å². The van der Waals surface area contributed by atoms with Crippen LogP contribution < -0.4 is 51.4 Å². The average Bonchev–Trinajstić information content (AvgIpc) is 2.14. The van der Waals surface area contributed by atoms with Crippen LogP contribution >= 0.6 is 0 Å². The van der Waals surface area contributed by atoms with Crippen molar-refractivity contribution in [2.24, 2.45) is 0 Å². The van der Waals surface area contributed by atoms with E-state index in [1.165, 1.54) is 24.7 Å². The molecular formula is C8H8BF3KNOS. The fourth-order valence-electron chi connectivity index (χ4n) is 0.981. The first-order valence-electron chi connectivity index (χ1n) is 4.07. The van der Waals surface area contributed by atoms with Crippen molar-refractivity contribution in [2.75, 3.05) is 6.26 Å². The molecule has 0 spiro atoms. The Morgan fingerprint density at radius 2 is 2.06 bits per heavy atom. The van der Waals surface area contributed by atoms with Gasteiger partial charge in [-0.25, -0.2) is 0 Å². The molecule has 1 unspecified atom stereocenters. The van der Waals surface area contributed by atoms with Gasteiger partial charge < -0.3 is 12.9 Å². The molecule has 16 heavy (non-hydrogen) atoms. The van der Waals surface area contributed by atoms with Crippen molar-refractivity contribution in [3.63, 3.8) is 0 Å². The predicted molar refractivity (Wildman–Crippen MR) is 54.7 cm³/mol. The SMILES string of the molecule is CS(=O)c1cnccc1/C=C/[B-](F)(F)F.[K+]. The Morgan fingerprint density at radius 3 is 2.56 bits per heavy atom. The van der Waals surface area contributed by atoms with Crippen molar-refractivity contribution in [1.82, 2.24) is 4.98 Å². The second-order valence-electron chi connectivity index (χ2n) is 2.85. The van der Waals surface area contributed by atoms with E-state index in [9.17, 15) is 17.2 Å². The van der Waals surface area contributed by atoms with E-state index < -0.39 is 17.8 Å². The Balaban J connectivity index is 0.00000225. The fraction of sp³-hybridized carbons (Fsp3) is 0.125. The van der Waals surface area contributed by atoms with Crippen LogP contribution in [0.1, 0.15) is 5.56 Å². The van der Waals surface area contributed by atoms with Gasteiger partial charge >= 0.3 is 58.4 Å². The van der Waals surface area contributed by atoms with Gasteiger partial charge in [-0.3, -0.25) is 9.19 Å². The summed E-state index contributed by atoms with van der Waals surface area (Å²) in [6.45, 7) is -4.96. The standard InChI is InChI=1S/C8H8BF3NOS.K/c1-15(14)8-6-13-5-3-7(8)2-4-9(10,11)12;/h2-6H,1H3;/q-1;+1/b4-2+;. The monoisotopic (exact) mass is 273 g/mol. The second-order valence-corrected chi connectivity index (χ2v) is 4.20. The van der Waals surface area contributed by atoms with Crippen molar-refractivity contribution in [1.29, 1.82) is 0 Å². The third-order valence-electron chi connectivity index (χ3n) is 1.62. The molecule has 0 aliphatic carbocycles. The molecule has 82 valence electrons. The zero-order valence-electron chi connectivity index (χ0n) is 8.86. The minimum atomic E-state index is -4.96. The number of aromatic nitrogens is 1. The summed E-state index contributed by atoms with van der Waals surface area (Å²) in [6, 6.07) is 1.40. The van der Waals surface area contributed by atoms with Crippen LogP contribution in [0.3, 0.4) is 0 Å². The van der Waals surface area contributed by atoms with Gasteiger partial charge in [-0.15, -0.1) is 5.98 Å². The smallest absolute Gasteiger partial charge is 0.445 e. The molecule has 0 bridgehead atoms. The summed E-state index contributed by atoms with van der Waals surface area (Å²) >= 11 is 0. The predicted octanol–water partition coefficient (Wildman–Crippen LogP) is -0.777. The molecule has 0 saturated heterocycles. The molecule has 0 N–H and O–H groups in total. The normalized spacial score (nSPS) is 13.5. The molecule has 0 aliphatic rings. The minimum Gasteiger partial charge on any atom is -0.445 e. The number of rotatable bonds is 3. The molecule has 1 heterocycles. The number of pyridine rings is 1. The minimum absolute atomic E-state index is 0. The molecule has 0 fully saturated rings. The molecule has 0 aliphatic heterocycles. The topological polar surface area (TPSA) is 30.0 Å². The van der Waals surface area contributed by atoms with E-state index in [0.29, 0.717) is 4.90 Å². The molecule has 1 aromatic heterocycles. The summed E-state index contributed by atoms with van der Waals surface area (Å²) in [6.07, 6.45) is 4.98. The van der Waals surface area contributed by atoms with Crippen LogP contribution in [0, 0.1) is 0 Å². The number of hydrogen-bond acceptors (Lipinski definition) is 2. The number of nitrogens with zero attached hydrogens (tertiary/aromatic N) is 1. The van der Waals surface area contributed by atoms with Gasteiger partial charge in [-0.05, 0) is 11.6 Å². The largest absolute Gasteiger partial charge is 1.00 e. The van der Waals surface area contributed by atoms with Crippen molar-refractivity contribution >= 4 is 23.9 Å². The molecular weight excluding hydrogens is 265 g/mol. The molecule has 1 rings (SSSR count). The Morgan fingerprint density at radius 1 is 1.44 bits per heavy atom. The van der Waals surface area contributed by atoms with Gasteiger partial charge in [-0.2, -0.15) is 0 Å². The first-order valence-corrected chi connectivity index (χ1v) is 5.62. The molecule has 0 aromatic carbocycles. The summed E-state index contributed by atoms with van der Waals surface area (Å²) < 4.78 is 47.0. The van der Waals surface area contributed by atoms with E-state index in [-0.39, 0.29) is 62.9 Å². The van der Waals surface area contributed by atoms with Crippen molar-refractivity contribution in [3.05, 3.63) is 30.0 Å². The van der Waals surface area contributed by atoms with E-state index in [2.05, 4.69) is 4.98 Å². The molecule has 2 nitrogen and oxygen atoms in total. The van der Waals surface area contributed by atoms with Crippen LogP contribution in [0.5, 0.6) is 0 Å². The van der Waals surface area contributed by atoms with Crippen molar-refractivity contribution < 1.29 is 68.5 Å². The van der Waals surface area contributed by atoms with Crippen LogP contribution in [-0.2, 0) is 10.8 Å². The van der Waals surface area contributed by atoms with E-state index >= 15 is 0 Å². The molecule has 8 heteroatoms. The maximum Gasteiger partial charge on any atom is 1.00 e. The Hall–Kier alpha value is 0.531. The van der Waals surface area contributed by atoms with Crippen LogP contribution in [0.15, 0.2) is 29.3 Å². The Kier molecular flexibility index (Phi) is 7.31. The zero-order chi connectivity index (χ0) is 11.5. The quantitative estimate of drug-likeness (QED) is 0.676. The maximum absolute atomic E-state index is 12.0. The third kappa shape index (κ3) is 5.74. The van der Waals surface area contributed by atoms with Gasteiger partial charge in [0.1, 0.15) is 0 Å². The Bertz CT molecular complexity index is 411. The Labute approximate surface area is 137 Å². The molecule has 1 aromatic rings. The molecule has 0 saturated carbocycles. The maximum atomic E-state index is 12.0. The summed E-state index contributed by atoms with van der Waals surface area (Å²) in [7, 11) is -1.34. The first kappa shape index (κ1) is 16.5. The number of halogens is 3. The van der Waals surface area contributed by atoms with Gasteiger partial charge in [0.15, 0.2) is 0 Å². The first-order chi connectivity index (χ1) is 6.90. The van der Waals surface area contributed by atoms with E-state index in [0.717, 1.165) is 6.08 Å². The van der Waals surface area contributed by atoms with Crippen molar-refractivity contribution in [2.45, 2.75) is 4.90 Å². The van der Waals surface area contributed by atoms with E-state index in [1.54, 1.807) is 0 Å².